The van der Waals surface area contributed by atoms with E-state index in [4.69, 9.17) is 16.3 Å². The molecule has 82 valence electrons. The van der Waals surface area contributed by atoms with Crippen LogP contribution in [0.2, 0.25) is 5.02 Å². The number of benzene rings is 1. The van der Waals surface area contributed by atoms with E-state index in [1.807, 2.05) is 24.3 Å². The van der Waals surface area contributed by atoms with Gasteiger partial charge < -0.3 is 10.1 Å². The molecule has 1 fully saturated rings. The van der Waals surface area contributed by atoms with Crippen molar-refractivity contribution in [2.24, 2.45) is 5.92 Å². The van der Waals surface area contributed by atoms with Crippen molar-refractivity contribution >= 4 is 17.3 Å². The van der Waals surface area contributed by atoms with Crippen LogP contribution in [0.5, 0.6) is 0 Å². The van der Waals surface area contributed by atoms with Crippen molar-refractivity contribution < 1.29 is 4.74 Å². The number of hydrogen-bond acceptors (Lipinski definition) is 2. The first kappa shape index (κ1) is 10.8. The fourth-order valence-electron chi connectivity index (χ4n) is 1.73. The minimum atomic E-state index is 0.441. The van der Waals surface area contributed by atoms with Crippen molar-refractivity contribution in [1.29, 1.82) is 0 Å². The van der Waals surface area contributed by atoms with E-state index < -0.39 is 0 Å². The molecule has 1 atom stereocenters. The SMILES string of the molecule is COCC(Nc1ccc(Cl)cc1)C1CC1. The Labute approximate surface area is 95.6 Å². The summed E-state index contributed by atoms with van der Waals surface area (Å²) >= 11 is 5.83. The molecular formula is C12H16ClNO. The summed E-state index contributed by atoms with van der Waals surface area (Å²) in [6.07, 6.45) is 2.63. The maximum atomic E-state index is 5.83. The normalized spacial score (nSPS) is 17.5. The minimum absolute atomic E-state index is 0.441. The zero-order valence-electron chi connectivity index (χ0n) is 8.87. The molecule has 0 aliphatic heterocycles. The fourth-order valence-corrected chi connectivity index (χ4v) is 1.86. The van der Waals surface area contributed by atoms with Gasteiger partial charge in [0, 0.05) is 17.8 Å². The molecule has 15 heavy (non-hydrogen) atoms. The predicted octanol–water partition coefficient (Wildman–Crippen LogP) is 3.18. The van der Waals surface area contributed by atoms with E-state index >= 15 is 0 Å². The first-order valence-corrected chi connectivity index (χ1v) is 5.68. The van der Waals surface area contributed by atoms with Gasteiger partial charge in [0.1, 0.15) is 0 Å². The summed E-state index contributed by atoms with van der Waals surface area (Å²) < 4.78 is 5.21. The lowest BCUT2D eigenvalue weighted by Gasteiger charge is -2.18. The standard InChI is InChI=1S/C12H16ClNO/c1-15-8-12(9-2-3-9)14-11-6-4-10(13)5-7-11/h4-7,9,12,14H,2-3,8H2,1H3. The van der Waals surface area contributed by atoms with Gasteiger partial charge in [-0.1, -0.05) is 11.6 Å². The van der Waals surface area contributed by atoms with Crippen molar-refractivity contribution in [1.82, 2.24) is 0 Å². The topological polar surface area (TPSA) is 21.3 Å². The molecule has 1 aliphatic rings. The van der Waals surface area contributed by atoms with Crippen LogP contribution in [-0.2, 0) is 4.74 Å². The van der Waals surface area contributed by atoms with Crippen LogP contribution in [0, 0.1) is 5.92 Å². The Kier molecular flexibility index (Phi) is 3.49. The van der Waals surface area contributed by atoms with Crippen LogP contribution in [0.1, 0.15) is 12.8 Å². The Morgan fingerprint density at radius 3 is 2.60 bits per heavy atom. The van der Waals surface area contributed by atoms with E-state index in [1.54, 1.807) is 7.11 Å². The van der Waals surface area contributed by atoms with Crippen LogP contribution in [-0.4, -0.2) is 19.8 Å². The van der Waals surface area contributed by atoms with E-state index in [-0.39, 0.29) is 0 Å². The van der Waals surface area contributed by atoms with Gasteiger partial charge in [-0.05, 0) is 43.0 Å². The van der Waals surface area contributed by atoms with Crippen LogP contribution in [0.15, 0.2) is 24.3 Å². The molecule has 1 aromatic carbocycles. The van der Waals surface area contributed by atoms with Crippen LogP contribution in [0.25, 0.3) is 0 Å². The molecule has 0 bridgehead atoms. The van der Waals surface area contributed by atoms with Gasteiger partial charge >= 0.3 is 0 Å². The molecule has 1 unspecified atom stereocenters. The lowest BCUT2D eigenvalue weighted by Crippen LogP contribution is -2.27. The summed E-state index contributed by atoms with van der Waals surface area (Å²) in [5.74, 6) is 0.778. The van der Waals surface area contributed by atoms with Gasteiger partial charge in [-0.3, -0.25) is 0 Å². The van der Waals surface area contributed by atoms with Crippen LogP contribution in [0.4, 0.5) is 5.69 Å². The summed E-state index contributed by atoms with van der Waals surface area (Å²) in [5.41, 5.74) is 1.12. The van der Waals surface area contributed by atoms with Gasteiger partial charge in [0.25, 0.3) is 0 Å². The van der Waals surface area contributed by atoms with E-state index in [0.29, 0.717) is 6.04 Å². The molecule has 2 rings (SSSR count). The maximum Gasteiger partial charge on any atom is 0.0666 e. The summed E-state index contributed by atoms with van der Waals surface area (Å²) in [7, 11) is 1.75. The van der Waals surface area contributed by atoms with E-state index in [2.05, 4.69) is 5.32 Å². The number of anilines is 1. The number of nitrogens with one attached hydrogen (secondary N) is 1. The van der Waals surface area contributed by atoms with Gasteiger partial charge in [-0.15, -0.1) is 0 Å². The molecule has 0 saturated heterocycles. The molecular weight excluding hydrogens is 210 g/mol. The highest BCUT2D eigenvalue weighted by Gasteiger charge is 2.30. The molecule has 3 heteroatoms. The highest BCUT2D eigenvalue weighted by atomic mass is 35.5. The number of ether oxygens (including phenoxy) is 1. The van der Waals surface area contributed by atoms with Crippen molar-refractivity contribution in [3.8, 4) is 0 Å². The highest BCUT2D eigenvalue weighted by Crippen LogP contribution is 2.34. The van der Waals surface area contributed by atoms with Crippen LogP contribution < -0.4 is 5.32 Å². The molecule has 1 saturated carbocycles. The second-order valence-electron chi connectivity index (χ2n) is 4.05. The molecule has 1 aromatic rings. The van der Waals surface area contributed by atoms with Gasteiger partial charge in [-0.25, -0.2) is 0 Å². The maximum absolute atomic E-state index is 5.83. The van der Waals surface area contributed by atoms with Crippen LogP contribution >= 0.6 is 11.6 Å². The van der Waals surface area contributed by atoms with E-state index in [0.717, 1.165) is 23.2 Å². The third kappa shape index (κ3) is 3.11. The van der Waals surface area contributed by atoms with Crippen LogP contribution in [0.3, 0.4) is 0 Å². The lowest BCUT2D eigenvalue weighted by atomic mass is 10.2. The summed E-state index contributed by atoms with van der Waals surface area (Å²) in [4.78, 5) is 0. The smallest absolute Gasteiger partial charge is 0.0666 e. The molecule has 0 heterocycles. The molecule has 2 nitrogen and oxygen atoms in total. The summed E-state index contributed by atoms with van der Waals surface area (Å²) in [6, 6.07) is 8.26. The molecule has 1 N–H and O–H groups in total. The highest BCUT2D eigenvalue weighted by molar-refractivity contribution is 6.30. The van der Waals surface area contributed by atoms with Crippen molar-refractivity contribution in [3.63, 3.8) is 0 Å². The third-order valence-corrected chi connectivity index (χ3v) is 2.99. The van der Waals surface area contributed by atoms with E-state index in [9.17, 15) is 0 Å². The van der Waals surface area contributed by atoms with Gasteiger partial charge in [0.2, 0.25) is 0 Å². The zero-order chi connectivity index (χ0) is 10.7. The second kappa shape index (κ2) is 4.86. The molecule has 0 amide bonds. The Morgan fingerprint density at radius 2 is 2.07 bits per heavy atom. The van der Waals surface area contributed by atoms with Gasteiger partial charge in [0.15, 0.2) is 0 Å². The predicted molar refractivity (Wildman–Crippen MR) is 63.5 cm³/mol. The molecule has 0 radical (unpaired) electrons. The lowest BCUT2D eigenvalue weighted by molar-refractivity contribution is 0.179. The van der Waals surface area contributed by atoms with Crippen molar-refractivity contribution in [3.05, 3.63) is 29.3 Å². The monoisotopic (exact) mass is 225 g/mol. The number of halogens is 1. The molecule has 1 aliphatic carbocycles. The Morgan fingerprint density at radius 1 is 1.40 bits per heavy atom. The van der Waals surface area contributed by atoms with E-state index in [1.165, 1.54) is 12.8 Å². The van der Waals surface area contributed by atoms with Gasteiger partial charge in [0.05, 0.1) is 12.6 Å². The molecule has 0 aromatic heterocycles. The minimum Gasteiger partial charge on any atom is -0.383 e. The first-order valence-electron chi connectivity index (χ1n) is 5.30. The average Bonchev–Trinajstić information content (AvgIpc) is 3.04. The number of hydrogen-bond donors (Lipinski definition) is 1. The zero-order valence-corrected chi connectivity index (χ0v) is 9.63. The Bertz CT molecular complexity index is 308. The summed E-state index contributed by atoms with van der Waals surface area (Å²) in [5, 5.41) is 4.26. The average molecular weight is 226 g/mol. The number of methoxy groups -OCH3 is 1. The first-order chi connectivity index (χ1) is 7.29. The third-order valence-electron chi connectivity index (χ3n) is 2.73. The molecule has 0 spiro atoms. The van der Waals surface area contributed by atoms with Gasteiger partial charge in [-0.2, -0.15) is 0 Å². The second-order valence-corrected chi connectivity index (χ2v) is 4.49. The fraction of sp³-hybridized carbons (Fsp3) is 0.500. The van der Waals surface area contributed by atoms with Crippen molar-refractivity contribution in [2.45, 2.75) is 18.9 Å². The van der Waals surface area contributed by atoms with Crippen molar-refractivity contribution in [2.75, 3.05) is 19.0 Å². The number of rotatable bonds is 5. The quantitative estimate of drug-likeness (QED) is 0.831. The summed E-state index contributed by atoms with van der Waals surface area (Å²) in [6.45, 7) is 0.771. The Balaban J connectivity index is 1.95. The largest absolute Gasteiger partial charge is 0.383 e. The Hall–Kier alpha value is -0.730.